The zero-order valence-electron chi connectivity index (χ0n) is 17.6. The van der Waals surface area contributed by atoms with Crippen molar-refractivity contribution < 1.29 is 23.8 Å². The van der Waals surface area contributed by atoms with E-state index in [-0.39, 0.29) is 11.7 Å². The van der Waals surface area contributed by atoms with Gasteiger partial charge in [-0.1, -0.05) is 18.2 Å². The van der Waals surface area contributed by atoms with Gasteiger partial charge in [0.15, 0.2) is 11.5 Å². The van der Waals surface area contributed by atoms with Crippen LogP contribution in [0.3, 0.4) is 0 Å². The molecular weight excluding hydrogens is 411 g/mol. The van der Waals surface area contributed by atoms with Crippen LogP contribution in [0.1, 0.15) is 21.5 Å². The van der Waals surface area contributed by atoms with E-state index in [0.29, 0.717) is 40.6 Å². The first kappa shape index (κ1) is 21.1. The molecule has 0 spiro atoms. The molecular formula is C25H21FN2O4. The number of methoxy groups -OCH3 is 2. The summed E-state index contributed by atoms with van der Waals surface area (Å²) in [5.74, 6) is 0.0684. The van der Waals surface area contributed by atoms with Crippen molar-refractivity contribution in [3.8, 4) is 17.2 Å². The predicted molar refractivity (Wildman–Crippen MR) is 121 cm³/mol. The third-order valence-electron chi connectivity index (χ3n) is 5.13. The lowest BCUT2D eigenvalue weighted by atomic mass is 10.0. The number of ether oxygens (including phenoxy) is 2. The summed E-state index contributed by atoms with van der Waals surface area (Å²) in [6.07, 6.45) is 1.82. The molecule has 0 aromatic heterocycles. The molecule has 32 heavy (non-hydrogen) atoms. The number of nitrogens with zero attached hydrogens (tertiary/aromatic N) is 1. The number of anilines is 1. The summed E-state index contributed by atoms with van der Waals surface area (Å²) >= 11 is 0. The van der Waals surface area contributed by atoms with Crippen LogP contribution in [0.15, 0.2) is 71.7 Å². The molecule has 3 aromatic carbocycles. The number of halogens is 1. The van der Waals surface area contributed by atoms with Gasteiger partial charge in [-0.3, -0.25) is 9.79 Å². The summed E-state index contributed by atoms with van der Waals surface area (Å²) in [7, 11) is 3.00. The molecule has 0 aliphatic carbocycles. The minimum atomic E-state index is -0.435. The summed E-state index contributed by atoms with van der Waals surface area (Å²) in [5.41, 5.74) is 3.71. The Hall–Kier alpha value is -4.13. The number of carbonyl (C=O) groups excluding carboxylic acids is 1. The maximum Gasteiger partial charge on any atom is 0.259 e. The Kier molecular flexibility index (Phi) is 5.89. The highest BCUT2D eigenvalue weighted by Gasteiger charge is 2.18. The second kappa shape index (κ2) is 8.93. The van der Waals surface area contributed by atoms with Crippen molar-refractivity contribution in [2.24, 2.45) is 4.99 Å². The maximum atomic E-state index is 13.5. The van der Waals surface area contributed by atoms with Crippen molar-refractivity contribution >= 4 is 22.9 Å². The van der Waals surface area contributed by atoms with Crippen molar-refractivity contribution in [1.29, 1.82) is 0 Å². The highest BCUT2D eigenvalue weighted by Crippen LogP contribution is 2.31. The first-order chi connectivity index (χ1) is 15.5. The molecule has 0 saturated heterocycles. The smallest absolute Gasteiger partial charge is 0.259 e. The van der Waals surface area contributed by atoms with E-state index in [9.17, 15) is 14.3 Å². The minimum Gasteiger partial charge on any atom is -0.507 e. The van der Waals surface area contributed by atoms with Crippen LogP contribution in [0.5, 0.6) is 17.2 Å². The lowest BCUT2D eigenvalue weighted by molar-refractivity contribution is 0.102. The number of benzene rings is 3. The van der Waals surface area contributed by atoms with Crippen LogP contribution in [0, 0.1) is 5.82 Å². The molecule has 0 radical (unpaired) electrons. The van der Waals surface area contributed by atoms with Gasteiger partial charge in [-0.05, 0) is 59.7 Å². The number of phenols is 1. The number of aromatic hydroxyl groups is 1. The molecule has 0 fully saturated rings. The molecule has 4 rings (SSSR count). The normalized spacial score (nSPS) is 12.7. The number of hydrogen-bond donors (Lipinski definition) is 2. The molecule has 1 amide bonds. The monoisotopic (exact) mass is 432 g/mol. The van der Waals surface area contributed by atoms with Crippen LogP contribution in [-0.4, -0.2) is 37.5 Å². The quantitative estimate of drug-likeness (QED) is 0.592. The van der Waals surface area contributed by atoms with E-state index < -0.39 is 5.82 Å². The average molecular weight is 432 g/mol. The molecule has 0 atom stereocenters. The molecule has 0 saturated carbocycles. The van der Waals surface area contributed by atoms with Gasteiger partial charge in [-0.15, -0.1) is 0 Å². The van der Waals surface area contributed by atoms with Crippen molar-refractivity contribution in [3.63, 3.8) is 0 Å². The summed E-state index contributed by atoms with van der Waals surface area (Å²) in [6.45, 7) is 0.415. The van der Waals surface area contributed by atoms with Gasteiger partial charge in [0.2, 0.25) is 0 Å². The van der Waals surface area contributed by atoms with E-state index in [0.717, 1.165) is 11.1 Å². The molecule has 7 heteroatoms. The molecule has 0 unspecified atom stereocenters. The maximum absolute atomic E-state index is 13.5. The summed E-state index contributed by atoms with van der Waals surface area (Å²) in [6, 6.07) is 16.2. The van der Waals surface area contributed by atoms with E-state index in [2.05, 4.69) is 10.3 Å². The highest BCUT2D eigenvalue weighted by molar-refractivity contribution is 6.16. The Morgan fingerprint density at radius 3 is 2.56 bits per heavy atom. The van der Waals surface area contributed by atoms with Crippen molar-refractivity contribution in [3.05, 3.63) is 89.2 Å². The average Bonchev–Trinajstić information content (AvgIpc) is 3.30. The van der Waals surface area contributed by atoms with Crippen molar-refractivity contribution in [2.75, 3.05) is 26.1 Å². The molecule has 0 bridgehead atoms. The number of amides is 1. The fourth-order valence-electron chi connectivity index (χ4n) is 3.51. The molecule has 2 N–H and O–H groups in total. The molecule has 1 heterocycles. The summed E-state index contributed by atoms with van der Waals surface area (Å²) in [5, 5.41) is 12.9. The van der Waals surface area contributed by atoms with E-state index in [1.54, 1.807) is 30.3 Å². The molecule has 162 valence electrons. The number of aliphatic imine (C=N–C) groups is 1. The SMILES string of the molecule is COc1cccc(C(=O)Nc2ccc(C3=CC(c4cc(F)ccc4O)=NC3)cc2)c1OC. The van der Waals surface area contributed by atoms with E-state index in [1.807, 2.05) is 18.2 Å². The zero-order valence-corrected chi connectivity index (χ0v) is 17.6. The van der Waals surface area contributed by atoms with Gasteiger partial charge in [0.05, 0.1) is 32.0 Å². The highest BCUT2D eigenvalue weighted by atomic mass is 19.1. The van der Waals surface area contributed by atoms with Crippen LogP contribution >= 0.6 is 0 Å². The summed E-state index contributed by atoms with van der Waals surface area (Å²) in [4.78, 5) is 17.1. The predicted octanol–water partition coefficient (Wildman–Crippen LogP) is 4.69. The number of carbonyl (C=O) groups is 1. The molecule has 1 aliphatic heterocycles. The molecule has 3 aromatic rings. The van der Waals surface area contributed by atoms with Gasteiger partial charge in [0.25, 0.3) is 5.91 Å². The number of hydrogen-bond acceptors (Lipinski definition) is 5. The third-order valence-corrected chi connectivity index (χ3v) is 5.13. The standard InChI is InChI=1S/C25H21FN2O4/c1-31-23-5-3-4-19(24(23)32-2)25(30)28-18-9-6-15(7-10-18)16-12-21(27-14-16)20-13-17(26)8-11-22(20)29/h3-13,29H,14H2,1-2H3,(H,28,30). The van der Waals surface area contributed by atoms with Crippen molar-refractivity contribution in [1.82, 2.24) is 0 Å². The van der Waals surface area contributed by atoms with Crippen LogP contribution in [0.4, 0.5) is 10.1 Å². The van der Waals surface area contributed by atoms with Gasteiger partial charge in [-0.25, -0.2) is 4.39 Å². The largest absolute Gasteiger partial charge is 0.507 e. The number of rotatable bonds is 6. The molecule has 1 aliphatic rings. The minimum absolute atomic E-state index is 0.0197. The first-order valence-electron chi connectivity index (χ1n) is 9.87. The summed E-state index contributed by atoms with van der Waals surface area (Å²) < 4.78 is 24.1. The fraction of sp³-hybridized carbons (Fsp3) is 0.120. The fourth-order valence-corrected chi connectivity index (χ4v) is 3.51. The van der Waals surface area contributed by atoms with Gasteiger partial charge in [0, 0.05) is 11.3 Å². The third kappa shape index (κ3) is 4.18. The number of para-hydroxylation sites is 1. The second-order valence-corrected chi connectivity index (χ2v) is 7.11. The lowest BCUT2D eigenvalue weighted by Gasteiger charge is -2.13. The number of nitrogens with one attached hydrogen (secondary N) is 1. The van der Waals surface area contributed by atoms with Crippen LogP contribution in [-0.2, 0) is 0 Å². The van der Waals surface area contributed by atoms with Gasteiger partial charge in [-0.2, -0.15) is 0 Å². The Morgan fingerprint density at radius 1 is 1.06 bits per heavy atom. The van der Waals surface area contributed by atoms with Crippen molar-refractivity contribution in [2.45, 2.75) is 0 Å². The van der Waals surface area contributed by atoms with E-state index in [1.165, 1.54) is 32.4 Å². The van der Waals surface area contributed by atoms with Crippen LogP contribution < -0.4 is 14.8 Å². The lowest BCUT2D eigenvalue weighted by Crippen LogP contribution is -2.13. The zero-order chi connectivity index (χ0) is 22.7. The van der Waals surface area contributed by atoms with Gasteiger partial charge >= 0.3 is 0 Å². The number of allylic oxidation sites excluding steroid dienone is 1. The Labute approximate surface area is 184 Å². The van der Waals surface area contributed by atoms with Gasteiger partial charge in [0.1, 0.15) is 11.6 Å². The van der Waals surface area contributed by atoms with Crippen LogP contribution in [0.25, 0.3) is 5.57 Å². The van der Waals surface area contributed by atoms with Crippen LogP contribution in [0.2, 0.25) is 0 Å². The Balaban J connectivity index is 1.50. The second-order valence-electron chi connectivity index (χ2n) is 7.11. The number of phenolic OH excluding ortho intramolecular Hbond substituents is 1. The topological polar surface area (TPSA) is 80.2 Å². The van der Waals surface area contributed by atoms with Gasteiger partial charge < -0.3 is 19.9 Å². The Bertz CT molecular complexity index is 1230. The Morgan fingerprint density at radius 2 is 1.84 bits per heavy atom. The van der Waals surface area contributed by atoms with E-state index >= 15 is 0 Å². The molecule has 6 nitrogen and oxygen atoms in total. The first-order valence-corrected chi connectivity index (χ1v) is 9.87. The van der Waals surface area contributed by atoms with E-state index in [4.69, 9.17) is 9.47 Å².